The van der Waals surface area contributed by atoms with E-state index in [1.165, 1.54) is 0 Å². The second-order valence-electron chi connectivity index (χ2n) is 8.22. The molecule has 0 aromatic heterocycles. The number of aliphatic imine (C=N–C) groups is 1. The lowest BCUT2D eigenvalue weighted by atomic mass is 10.1. The number of amidine groups is 1. The van der Waals surface area contributed by atoms with Crippen LogP contribution in [0.4, 0.5) is 5.69 Å². The predicted molar refractivity (Wildman–Crippen MR) is 125 cm³/mol. The van der Waals surface area contributed by atoms with Crippen molar-refractivity contribution in [2.45, 2.75) is 18.7 Å². The van der Waals surface area contributed by atoms with Crippen LogP contribution in [-0.2, 0) is 10.0 Å². The van der Waals surface area contributed by atoms with E-state index >= 15 is 0 Å². The summed E-state index contributed by atoms with van der Waals surface area (Å²) in [5, 5.41) is 0. The zero-order valence-corrected chi connectivity index (χ0v) is 19.0. The Labute approximate surface area is 188 Å². The third-order valence-electron chi connectivity index (χ3n) is 5.81. The van der Waals surface area contributed by atoms with Crippen molar-refractivity contribution in [2.24, 2.45) is 4.99 Å². The van der Waals surface area contributed by atoms with Gasteiger partial charge in [-0.15, -0.1) is 0 Å². The molecule has 6 nitrogen and oxygen atoms in total. The average molecular weight is 448 g/mol. The summed E-state index contributed by atoms with van der Waals surface area (Å²) in [4.78, 5) is 7.44. The van der Waals surface area contributed by atoms with E-state index in [4.69, 9.17) is 9.73 Å². The van der Waals surface area contributed by atoms with Crippen molar-refractivity contribution in [3.8, 4) is 11.5 Å². The number of nitrogens with zero attached hydrogens (tertiary/aromatic N) is 3. The summed E-state index contributed by atoms with van der Waals surface area (Å²) in [5.41, 5.74) is 3.58. The van der Waals surface area contributed by atoms with Gasteiger partial charge in [-0.25, -0.2) is 13.4 Å². The predicted octanol–water partition coefficient (Wildman–Crippen LogP) is 4.49. The smallest absolute Gasteiger partial charge is 0.243 e. The number of para-hydroxylation sites is 3. The number of aryl methyl sites for hydroxylation is 2. The lowest BCUT2D eigenvalue weighted by Crippen LogP contribution is -2.50. The lowest BCUT2D eigenvalue weighted by molar-refractivity contribution is 0.266. The Balaban J connectivity index is 1.43. The first kappa shape index (κ1) is 20.7. The van der Waals surface area contributed by atoms with Gasteiger partial charge in [0.2, 0.25) is 10.0 Å². The molecular weight excluding hydrogens is 422 g/mol. The van der Waals surface area contributed by atoms with Crippen molar-refractivity contribution < 1.29 is 13.2 Å². The largest absolute Gasteiger partial charge is 0.454 e. The highest BCUT2D eigenvalue weighted by molar-refractivity contribution is 7.89. The molecule has 0 radical (unpaired) electrons. The van der Waals surface area contributed by atoms with Gasteiger partial charge in [-0.3, -0.25) is 0 Å². The van der Waals surface area contributed by atoms with Gasteiger partial charge in [0.05, 0.1) is 10.5 Å². The molecule has 5 rings (SSSR count). The Morgan fingerprint density at radius 2 is 1.44 bits per heavy atom. The zero-order chi connectivity index (χ0) is 22.3. The first-order chi connectivity index (χ1) is 15.4. The van der Waals surface area contributed by atoms with Gasteiger partial charge < -0.3 is 9.64 Å². The minimum absolute atomic E-state index is 0.364. The molecule has 1 fully saturated rings. The minimum Gasteiger partial charge on any atom is -0.454 e. The van der Waals surface area contributed by atoms with Crippen LogP contribution in [0, 0.1) is 13.8 Å². The molecule has 1 saturated heterocycles. The topological polar surface area (TPSA) is 62.2 Å². The van der Waals surface area contributed by atoms with Gasteiger partial charge in [-0.05, 0) is 61.4 Å². The van der Waals surface area contributed by atoms with Crippen LogP contribution in [0.2, 0.25) is 0 Å². The quantitative estimate of drug-likeness (QED) is 0.581. The fraction of sp³-hybridized carbons (Fsp3) is 0.240. The summed E-state index contributed by atoms with van der Waals surface area (Å²) in [5.74, 6) is 2.28. The van der Waals surface area contributed by atoms with Crippen LogP contribution < -0.4 is 4.74 Å². The first-order valence-electron chi connectivity index (χ1n) is 10.7. The molecule has 2 aliphatic rings. The summed E-state index contributed by atoms with van der Waals surface area (Å²) < 4.78 is 34.2. The highest BCUT2D eigenvalue weighted by atomic mass is 32.2. The maximum atomic E-state index is 13.2. The average Bonchev–Trinajstić information content (AvgIpc) is 2.95. The summed E-state index contributed by atoms with van der Waals surface area (Å²) in [6, 6.07) is 21.0. The number of benzene rings is 3. The molecular formula is C25H25N3O3S. The van der Waals surface area contributed by atoms with E-state index in [0.717, 1.165) is 34.0 Å². The zero-order valence-electron chi connectivity index (χ0n) is 18.2. The molecule has 0 bridgehead atoms. The van der Waals surface area contributed by atoms with Crippen molar-refractivity contribution in [3.63, 3.8) is 0 Å². The van der Waals surface area contributed by atoms with Gasteiger partial charge in [0.15, 0.2) is 5.75 Å². The number of rotatable bonds is 2. The van der Waals surface area contributed by atoms with Crippen molar-refractivity contribution in [3.05, 3.63) is 83.4 Å². The molecule has 0 N–H and O–H groups in total. The van der Waals surface area contributed by atoms with Crippen molar-refractivity contribution in [2.75, 3.05) is 26.2 Å². The number of hydrogen-bond donors (Lipinski definition) is 0. The van der Waals surface area contributed by atoms with Crippen LogP contribution in [0.25, 0.3) is 0 Å². The molecule has 0 atom stereocenters. The maximum absolute atomic E-state index is 13.2. The van der Waals surface area contributed by atoms with Crippen LogP contribution in [0.1, 0.15) is 16.7 Å². The second-order valence-corrected chi connectivity index (χ2v) is 10.2. The van der Waals surface area contributed by atoms with E-state index in [-0.39, 0.29) is 0 Å². The molecule has 32 heavy (non-hydrogen) atoms. The number of hydrogen-bond acceptors (Lipinski definition) is 5. The standard InChI is InChI=1S/C25H25N3O3S/c1-18-15-19(2)17-20(16-18)32(29,30)28-13-11-27(12-14-28)25-21-7-3-5-9-23(21)31-24-10-6-4-8-22(24)26-25/h3-10,15-17H,11-14H2,1-2H3. The van der Waals surface area contributed by atoms with Gasteiger partial charge in [-0.1, -0.05) is 30.3 Å². The van der Waals surface area contributed by atoms with Crippen LogP contribution in [-0.4, -0.2) is 49.6 Å². The number of piperazine rings is 1. The highest BCUT2D eigenvalue weighted by Gasteiger charge is 2.31. The molecule has 0 saturated carbocycles. The molecule has 2 aliphatic heterocycles. The Hall–Kier alpha value is -3.16. The normalized spacial score (nSPS) is 16.4. The van der Waals surface area contributed by atoms with Crippen LogP contribution in [0.5, 0.6) is 11.5 Å². The summed E-state index contributed by atoms with van der Waals surface area (Å²) in [7, 11) is -3.54. The number of ether oxygens (including phenoxy) is 1. The Morgan fingerprint density at radius 3 is 2.16 bits per heavy atom. The van der Waals surface area contributed by atoms with E-state index in [2.05, 4.69) is 4.90 Å². The monoisotopic (exact) mass is 447 g/mol. The molecule has 3 aromatic carbocycles. The molecule has 0 aliphatic carbocycles. The molecule has 3 aromatic rings. The summed E-state index contributed by atoms with van der Waals surface area (Å²) >= 11 is 0. The third-order valence-corrected chi connectivity index (χ3v) is 7.69. The first-order valence-corrected chi connectivity index (χ1v) is 12.1. The maximum Gasteiger partial charge on any atom is 0.243 e. The van der Waals surface area contributed by atoms with E-state index in [1.54, 1.807) is 16.4 Å². The SMILES string of the molecule is Cc1cc(C)cc(S(=O)(=O)N2CCN(C3=Nc4ccccc4Oc4ccccc43)CC2)c1. The van der Waals surface area contributed by atoms with E-state index in [0.29, 0.717) is 36.8 Å². The molecule has 0 unspecified atom stereocenters. The van der Waals surface area contributed by atoms with Gasteiger partial charge in [0, 0.05) is 26.2 Å². The van der Waals surface area contributed by atoms with Crippen molar-refractivity contribution in [1.82, 2.24) is 9.21 Å². The van der Waals surface area contributed by atoms with Crippen LogP contribution in [0.15, 0.2) is 76.6 Å². The van der Waals surface area contributed by atoms with Crippen LogP contribution >= 0.6 is 0 Å². The summed E-state index contributed by atoms with van der Waals surface area (Å²) in [6.45, 7) is 5.76. The number of sulfonamides is 1. The third kappa shape index (κ3) is 3.78. The fourth-order valence-corrected chi connectivity index (χ4v) is 5.89. The Kier molecular flexibility index (Phi) is 5.23. The van der Waals surface area contributed by atoms with Gasteiger partial charge in [0.25, 0.3) is 0 Å². The van der Waals surface area contributed by atoms with E-state index in [9.17, 15) is 8.42 Å². The van der Waals surface area contributed by atoms with E-state index < -0.39 is 10.0 Å². The van der Waals surface area contributed by atoms with Crippen molar-refractivity contribution in [1.29, 1.82) is 0 Å². The van der Waals surface area contributed by atoms with Gasteiger partial charge >= 0.3 is 0 Å². The fourth-order valence-electron chi connectivity index (χ4n) is 4.28. The molecule has 0 amide bonds. The number of fused-ring (bicyclic) bond motifs is 2. The van der Waals surface area contributed by atoms with Gasteiger partial charge in [-0.2, -0.15) is 4.31 Å². The minimum atomic E-state index is -3.54. The second kappa shape index (κ2) is 8.07. The Bertz CT molecular complexity index is 1290. The molecule has 2 heterocycles. The van der Waals surface area contributed by atoms with E-state index in [1.807, 2.05) is 68.4 Å². The Morgan fingerprint density at radius 1 is 0.812 bits per heavy atom. The lowest BCUT2D eigenvalue weighted by Gasteiger charge is -2.36. The van der Waals surface area contributed by atoms with Crippen molar-refractivity contribution >= 4 is 21.5 Å². The highest BCUT2D eigenvalue weighted by Crippen LogP contribution is 2.38. The molecule has 7 heteroatoms. The summed E-state index contributed by atoms with van der Waals surface area (Å²) in [6.07, 6.45) is 0. The van der Waals surface area contributed by atoms with Gasteiger partial charge in [0.1, 0.15) is 17.3 Å². The molecule has 0 spiro atoms. The molecule has 164 valence electrons. The van der Waals surface area contributed by atoms with Crippen LogP contribution in [0.3, 0.4) is 0 Å².